The molecule has 1 nitrogen and oxygen atoms in total. The molecule has 1 fully saturated rings. The van der Waals surface area contributed by atoms with Crippen molar-refractivity contribution in [3.63, 3.8) is 0 Å². The van der Waals surface area contributed by atoms with E-state index in [9.17, 15) is 0 Å². The maximum atomic E-state index is 5.46. The Labute approximate surface area is 57.4 Å². The van der Waals surface area contributed by atoms with E-state index >= 15 is 0 Å². The fraction of sp³-hybridized carbons (Fsp3) is 1.00. The van der Waals surface area contributed by atoms with Crippen LogP contribution in [0.3, 0.4) is 0 Å². The topological polar surface area (TPSA) is 9.23 Å². The summed E-state index contributed by atoms with van der Waals surface area (Å²) in [4.78, 5) is 0. The van der Waals surface area contributed by atoms with Gasteiger partial charge in [0.2, 0.25) is 0 Å². The fourth-order valence-corrected chi connectivity index (χ4v) is 1.32. The molecule has 0 saturated carbocycles. The van der Waals surface area contributed by atoms with Crippen LogP contribution in [0, 0.1) is 11.8 Å². The molecule has 3 atom stereocenters. The van der Waals surface area contributed by atoms with Gasteiger partial charge in [-0.05, 0) is 25.2 Å². The Morgan fingerprint density at radius 3 is 2.33 bits per heavy atom. The number of rotatable bonds is 0. The van der Waals surface area contributed by atoms with E-state index in [1.165, 1.54) is 6.42 Å². The summed E-state index contributed by atoms with van der Waals surface area (Å²) in [6.45, 7) is 7.71. The highest BCUT2D eigenvalue weighted by Gasteiger charge is 2.23. The van der Waals surface area contributed by atoms with Crippen LogP contribution in [0.1, 0.15) is 27.2 Å². The molecule has 0 spiro atoms. The van der Waals surface area contributed by atoms with Crippen LogP contribution in [0.4, 0.5) is 0 Å². The Morgan fingerprint density at radius 1 is 1.22 bits per heavy atom. The Morgan fingerprint density at radius 2 is 1.89 bits per heavy atom. The molecule has 54 valence electrons. The Kier molecular flexibility index (Phi) is 2.12. The first-order valence-electron chi connectivity index (χ1n) is 3.83. The Hall–Kier alpha value is -0.0400. The van der Waals surface area contributed by atoms with Gasteiger partial charge in [0.15, 0.2) is 0 Å². The third kappa shape index (κ3) is 1.45. The van der Waals surface area contributed by atoms with Gasteiger partial charge in [-0.15, -0.1) is 0 Å². The molecule has 0 bridgehead atoms. The van der Waals surface area contributed by atoms with Gasteiger partial charge in [-0.25, -0.2) is 0 Å². The van der Waals surface area contributed by atoms with E-state index in [2.05, 4.69) is 20.8 Å². The molecule has 0 aliphatic carbocycles. The van der Waals surface area contributed by atoms with Crippen LogP contribution in [0.15, 0.2) is 0 Å². The zero-order valence-corrected chi connectivity index (χ0v) is 6.55. The van der Waals surface area contributed by atoms with Gasteiger partial charge in [0, 0.05) is 6.61 Å². The zero-order chi connectivity index (χ0) is 6.85. The monoisotopic (exact) mass is 128 g/mol. The van der Waals surface area contributed by atoms with Gasteiger partial charge in [-0.2, -0.15) is 0 Å². The molecule has 9 heavy (non-hydrogen) atoms. The van der Waals surface area contributed by atoms with E-state index in [1.54, 1.807) is 0 Å². The Balaban J connectivity index is 2.41. The van der Waals surface area contributed by atoms with Crippen LogP contribution >= 0.6 is 0 Å². The molecule has 1 aliphatic rings. The summed E-state index contributed by atoms with van der Waals surface area (Å²) < 4.78 is 5.46. The highest BCUT2D eigenvalue weighted by molar-refractivity contribution is 4.72. The second kappa shape index (κ2) is 2.70. The standard InChI is InChI=1S/C8H16O/c1-6-4-5-9-8(3)7(6)2/h6-8H,4-5H2,1-3H3/t6-,7-,8-/m1/s1. The lowest BCUT2D eigenvalue weighted by Crippen LogP contribution is -2.30. The van der Waals surface area contributed by atoms with Crippen molar-refractivity contribution in [3.05, 3.63) is 0 Å². The molecular formula is C8H16O. The van der Waals surface area contributed by atoms with E-state index < -0.39 is 0 Å². The van der Waals surface area contributed by atoms with E-state index in [-0.39, 0.29) is 0 Å². The second-order valence-corrected chi connectivity index (χ2v) is 3.20. The summed E-state index contributed by atoms with van der Waals surface area (Å²) in [5, 5.41) is 0. The summed E-state index contributed by atoms with van der Waals surface area (Å²) >= 11 is 0. The lowest BCUT2D eigenvalue weighted by atomic mass is 9.87. The molecule has 0 amide bonds. The SMILES string of the molecule is C[C@@H]1[C@H](C)CCO[C@@H]1C. The highest BCUT2D eigenvalue weighted by Crippen LogP contribution is 2.25. The summed E-state index contributed by atoms with van der Waals surface area (Å²) in [5.41, 5.74) is 0. The predicted octanol–water partition coefficient (Wildman–Crippen LogP) is 2.07. The van der Waals surface area contributed by atoms with Crippen LogP contribution < -0.4 is 0 Å². The van der Waals surface area contributed by atoms with Crippen LogP contribution in [0.5, 0.6) is 0 Å². The van der Waals surface area contributed by atoms with Crippen LogP contribution in [0.25, 0.3) is 0 Å². The van der Waals surface area contributed by atoms with E-state index in [0.29, 0.717) is 6.10 Å². The highest BCUT2D eigenvalue weighted by atomic mass is 16.5. The van der Waals surface area contributed by atoms with Crippen LogP contribution in [-0.4, -0.2) is 12.7 Å². The summed E-state index contributed by atoms with van der Waals surface area (Å²) in [6, 6.07) is 0. The van der Waals surface area contributed by atoms with Crippen molar-refractivity contribution < 1.29 is 4.74 Å². The number of hydrogen-bond donors (Lipinski definition) is 0. The third-order valence-corrected chi connectivity index (χ3v) is 2.59. The van der Waals surface area contributed by atoms with Crippen LogP contribution in [0.2, 0.25) is 0 Å². The van der Waals surface area contributed by atoms with Gasteiger partial charge in [0.25, 0.3) is 0 Å². The van der Waals surface area contributed by atoms with E-state index in [1.807, 2.05) is 0 Å². The number of ether oxygens (including phenoxy) is 1. The average Bonchev–Trinajstić information content (AvgIpc) is 1.83. The molecule has 0 radical (unpaired) electrons. The molecule has 0 unspecified atom stereocenters. The minimum absolute atomic E-state index is 0.480. The van der Waals surface area contributed by atoms with Crippen molar-refractivity contribution in [1.82, 2.24) is 0 Å². The summed E-state index contributed by atoms with van der Waals surface area (Å²) in [5.74, 6) is 1.60. The fourth-order valence-electron chi connectivity index (χ4n) is 1.32. The van der Waals surface area contributed by atoms with E-state index in [4.69, 9.17) is 4.74 Å². The minimum atomic E-state index is 0.480. The molecule has 1 heteroatoms. The average molecular weight is 128 g/mol. The molecule has 1 aliphatic heterocycles. The molecule has 1 rings (SSSR count). The first-order valence-corrected chi connectivity index (χ1v) is 3.83. The normalized spacial score (nSPS) is 45.0. The molecule has 0 aromatic heterocycles. The first kappa shape index (κ1) is 7.07. The summed E-state index contributed by atoms with van der Waals surface area (Å²) in [7, 11) is 0. The first-order chi connectivity index (χ1) is 4.22. The van der Waals surface area contributed by atoms with Gasteiger partial charge in [0.1, 0.15) is 0 Å². The van der Waals surface area contributed by atoms with Crippen molar-refractivity contribution in [1.29, 1.82) is 0 Å². The maximum Gasteiger partial charge on any atom is 0.0575 e. The molecule has 1 saturated heterocycles. The minimum Gasteiger partial charge on any atom is -0.378 e. The summed E-state index contributed by atoms with van der Waals surface area (Å²) in [6.07, 6.45) is 1.72. The lowest BCUT2D eigenvalue weighted by molar-refractivity contribution is -0.0345. The predicted molar refractivity (Wildman–Crippen MR) is 38.4 cm³/mol. The van der Waals surface area contributed by atoms with Crippen molar-refractivity contribution in [2.24, 2.45) is 11.8 Å². The van der Waals surface area contributed by atoms with Crippen molar-refractivity contribution in [2.45, 2.75) is 33.3 Å². The Bertz CT molecular complexity index is 80.6. The molecule has 0 N–H and O–H groups in total. The second-order valence-electron chi connectivity index (χ2n) is 3.20. The molecule has 0 aromatic rings. The quantitative estimate of drug-likeness (QED) is 0.485. The van der Waals surface area contributed by atoms with Gasteiger partial charge in [-0.1, -0.05) is 13.8 Å². The van der Waals surface area contributed by atoms with Gasteiger partial charge < -0.3 is 4.74 Å². The zero-order valence-electron chi connectivity index (χ0n) is 6.55. The smallest absolute Gasteiger partial charge is 0.0575 e. The molecule has 1 heterocycles. The lowest BCUT2D eigenvalue weighted by Gasteiger charge is -2.31. The molecule has 0 aromatic carbocycles. The third-order valence-electron chi connectivity index (χ3n) is 2.59. The van der Waals surface area contributed by atoms with Crippen molar-refractivity contribution in [2.75, 3.05) is 6.61 Å². The van der Waals surface area contributed by atoms with Crippen molar-refractivity contribution in [3.8, 4) is 0 Å². The molecular weight excluding hydrogens is 112 g/mol. The van der Waals surface area contributed by atoms with Crippen LogP contribution in [-0.2, 0) is 4.74 Å². The van der Waals surface area contributed by atoms with Gasteiger partial charge in [-0.3, -0.25) is 0 Å². The van der Waals surface area contributed by atoms with Gasteiger partial charge >= 0.3 is 0 Å². The largest absolute Gasteiger partial charge is 0.378 e. The van der Waals surface area contributed by atoms with Crippen molar-refractivity contribution >= 4 is 0 Å². The van der Waals surface area contributed by atoms with Gasteiger partial charge in [0.05, 0.1) is 6.10 Å². The number of hydrogen-bond acceptors (Lipinski definition) is 1. The van der Waals surface area contributed by atoms with E-state index in [0.717, 1.165) is 18.4 Å². The maximum absolute atomic E-state index is 5.46.